The number of hydrogen-bond donors (Lipinski definition) is 1. The minimum atomic E-state index is -3.70. The summed E-state index contributed by atoms with van der Waals surface area (Å²) in [5.41, 5.74) is 3.73. The third kappa shape index (κ3) is 2.95. The highest BCUT2D eigenvalue weighted by Crippen LogP contribution is 2.33. The molecule has 0 spiro atoms. The molecule has 1 N–H and O–H groups in total. The van der Waals surface area contributed by atoms with Crippen LogP contribution in [-0.2, 0) is 23.0 Å². The summed E-state index contributed by atoms with van der Waals surface area (Å²) in [5, 5.41) is 16.5. The lowest BCUT2D eigenvalue weighted by Crippen LogP contribution is -2.36. The van der Waals surface area contributed by atoms with Gasteiger partial charge >= 0.3 is 0 Å². The van der Waals surface area contributed by atoms with Gasteiger partial charge in [0.15, 0.2) is 0 Å². The van der Waals surface area contributed by atoms with Gasteiger partial charge in [-0.15, -0.1) is 0 Å². The molecule has 7 nitrogen and oxygen atoms in total. The Balaban J connectivity index is 1.72. The molecule has 0 saturated carbocycles. The summed E-state index contributed by atoms with van der Waals surface area (Å²) in [4.78, 5) is 0.130. The van der Waals surface area contributed by atoms with Gasteiger partial charge in [-0.25, -0.2) is 8.42 Å². The van der Waals surface area contributed by atoms with Crippen LogP contribution >= 0.6 is 0 Å². The molecule has 0 aliphatic carbocycles. The molecule has 27 heavy (non-hydrogen) atoms. The molecule has 0 saturated heterocycles. The third-order valence-corrected chi connectivity index (χ3v) is 6.64. The fourth-order valence-corrected chi connectivity index (χ4v) is 4.89. The van der Waals surface area contributed by atoms with Crippen molar-refractivity contribution in [3.63, 3.8) is 0 Å². The van der Waals surface area contributed by atoms with Crippen molar-refractivity contribution in [2.75, 3.05) is 6.54 Å². The van der Waals surface area contributed by atoms with Gasteiger partial charge in [0.1, 0.15) is 17.2 Å². The van der Waals surface area contributed by atoms with E-state index in [4.69, 9.17) is 9.68 Å². The Labute approximate surface area is 157 Å². The van der Waals surface area contributed by atoms with Gasteiger partial charge in [0.2, 0.25) is 10.0 Å². The number of furan rings is 1. The molecule has 0 radical (unpaired) electrons. The lowest BCUT2D eigenvalue weighted by Gasteiger charge is -2.26. The number of aromatic amines is 1. The number of H-pyrrole nitrogens is 1. The van der Waals surface area contributed by atoms with Gasteiger partial charge in [-0.1, -0.05) is 6.07 Å². The van der Waals surface area contributed by atoms with Gasteiger partial charge < -0.3 is 4.42 Å². The summed E-state index contributed by atoms with van der Waals surface area (Å²) in [6, 6.07) is 10.00. The number of nitrogens with zero attached hydrogens (tertiary/aromatic N) is 3. The molecule has 3 aromatic rings. The fraction of sp³-hybridized carbons (Fsp3) is 0.263. The molecule has 1 aliphatic rings. The maximum absolute atomic E-state index is 13.1. The van der Waals surface area contributed by atoms with Gasteiger partial charge in [0.25, 0.3) is 0 Å². The van der Waals surface area contributed by atoms with Gasteiger partial charge in [-0.3, -0.25) is 5.10 Å². The molecule has 138 valence electrons. The van der Waals surface area contributed by atoms with E-state index in [-0.39, 0.29) is 11.4 Å². The van der Waals surface area contributed by atoms with Gasteiger partial charge in [-0.2, -0.15) is 14.7 Å². The molecule has 0 atom stereocenters. The van der Waals surface area contributed by atoms with Crippen molar-refractivity contribution < 1.29 is 12.8 Å². The normalized spacial score (nSPS) is 14.7. The Hall–Kier alpha value is -2.89. The first-order valence-corrected chi connectivity index (χ1v) is 9.98. The first-order chi connectivity index (χ1) is 12.9. The first kappa shape index (κ1) is 17.5. The zero-order chi connectivity index (χ0) is 19.2. The predicted molar refractivity (Wildman–Crippen MR) is 98.2 cm³/mol. The van der Waals surface area contributed by atoms with E-state index in [1.54, 1.807) is 12.1 Å². The second-order valence-corrected chi connectivity index (χ2v) is 8.52. The molecule has 4 rings (SSSR count). The Kier molecular flexibility index (Phi) is 4.13. The summed E-state index contributed by atoms with van der Waals surface area (Å²) in [5.74, 6) is 1.54. The summed E-state index contributed by atoms with van der Waals surface area (Å²) < 4.78 is 33.2. The smallest absolute Gasteiger partial charge is 0.243 e. The average molecular weight is 382 g/mol. The van der Waals surface area contributed by atoms with Crippen LogP contribution in [0.2, 0.25) is 0 Å². The molecule has 1 aromatic carbocycles. The van der Waals surface area contributed by atoms with E-state index in [2.05, 4.69) is 10.2 Å². The SMILES string of the molecule is Cc1cc(-c2n[nH]c3c2CN(S(=O)(=O)c2cccc(C#N)c2)CC3)c(C)o1. The molecule has 2 aromatic heterocycles. The minimum Gasteiger partial charge on any atom is -0.466 e. The Bertz CT molecular complexity index is 1170. The lowest BCUT2D eigenvalue weighted by atomic mass is 10.0. The van der Waals surface area contributed by atoms with Crippen molar-refractivity contribution in [2.45, 2.75) is 31.7 Å². The largest absolute Gasteiger partial charge is 0.466 e. The van der Waals surface area contributed by atoms with Crippen LogP contribution in [0.1, 0.15) is 28.3 Å². The van der Waals surface area contributed by atoms with Crippen LogP contribution in [0.3, 0.4) is 0 Å². The number of benzene rings is 1. The van der Waals surface area contributed by atoms with Crippen LogP contribution in [0.25, 0.3) is 11.3 Å². The van der Waals surface area contributed by atoms with Crippen molar-refractivity contribution in [3.05, 3.63) is 58.7 Å². The van der Waals surface area contributed by atoms with Crippen LogP contribution in [-0.4, -0.2) is 29.5 Å². The van der Waals surface area contributed by atoms with Crippen LogP contribution in [0.15, 0.2) is 39.6 Å². The Morgan fingerprint density at radius 1 is 1.30 bits per heavy atom. The number of nitriles is 1. The van der Waals surface area contributed by atoms with Gasteiger partial charge in [-0.05, 0) is 38.1 Å². The summed E-state index contributed by atoms with van der Waals surface area (Å²) >= 11 is 0. The summed E-state index contributed by atoms with van der Waals surface area (Å²) in [7, 11) is -3.70. The molecule has 0 bridgehead atoms. The number of rotatable bonds is 3. The maximum atomic E-state index is 13.1. The van der Waals surface area contributed by atoms with Crippen LogP contribution in [0, 0.1) is 25.2 Å². The zero-order valence-electron chi connectivity index (χ0n) is 15.0. The number of hydrogen-bond acceptors (Lipinski definition) is 5. The Morgan fingerprint density at radius 3 is 2.81 bits per heavy atom. The molecule has 0 fully saturated rings. The molecular formula is C19H18N4O3S. The highest BCUT2D eigenvalue weighted by molar-refractivity contribution is 7.89. The van der Waals surface area contributed by atoms with E-state index in [1.807, 2.05) is 26.0 Å². The Morgan fingerprint density at radius 2 is 2.11 bits per heavy atom. The van der Waals surface area contributed by atoms with E-state index < -0.39 is 10.0 Å². The fourth-order valence-electron chi connectivity index (χ4n) is 3.44. The van der Waals surface area contributed by atoms with E-state index in [1.165, 1.54) is 16.4 Å². The molecule has 0 amide bonds. The summed E-state index contributed by atoms with van der Waals surface area (Å²) in [6.07, 6.45) is 0.551. The van der Waals surface area contributed by atoms with E-state index in [9.17, 15) is 8.42 Å². The van der Waals surface area contributed by atoms with Gasteiger partial charge in [0, 0.05) is 36.3 Å². The second kappa shape index (κ2) is 6.37. The van der Waals surface area contributed by atoms with Crippen LogP contribution in [0.4, 0.5) is 0 Å². The third-order valence-electron chi connectivity index (χ3n) is 4.80. The highest BCUT2D eigenvalue weighted by Gasteiger charge is 2.32. The van der Waals surface area contributed by atoms with Crippen molar-refractivity contribution >= 4 is 10.0 Å². The topological polar surface area (TPSA) is 103 Å². The van der Waals surface area contributed by atoms with E-state index in [0.29, 0.717) is 18.5 Å². The number of fused-ring (bicyclic) bond motifs is 1. The monoisotopic (exact) mass is 382 g/mol. The van der Waals surface area contributed by atoms with Crippen molar-refractivity contribution in [3.8, 4) is 17.3 Å². The number of aromatic nitrogens is 2. The quantitative estimate of drug-likeness (QED) is 0.750. The molecule has 0 unspecified atom stereocenters. The maximum Gasteiger partial charge on any atom is 0.243 e. The second-order valence-electron chi connectivity index (χ2n) is 6.58. The number of sulfonamides is 1. The van der Waals surface area contributed by atoms with Crippen molar-refractivity contribution in [2.24, 2.45) is 0 Å². The molecule has 8 heteroatoms. The zero-order valence-corrected chi connectivity index (χ0v) is 15.8. The van der Waals surface area contributed by atoms with Crippen LogP contribution in [0.5, 0.6) is 0 Å². The first-order valence-electron chi connectivity index (χ1n) is 8.54. The average Bonchev–Trinajstić information content (AvgIpc) is 3.23. The highest BCUT2D eigenvalue weighted by atomic mass is 32.2. The van der Waals surface area contributed by atoms with E-state index in [0.717, 1.165) is 34.0 Å². The predicted octanol–water partition coefficient (Wildman–Crippen LogP) is 2.91. The van der Waals surface area contributed by atoms with Gasteiger partial charge in [0.05, 0.1) is 16.5 Å². The number of aryl methyl sites for hydroxylation is 2. The van der Waals surface area contributed by atoms with Crippen molar-refractivity contribution in [1.82, 2.24) is 14.5 Å². The van der Waals surface area contributed by atoms with Crippen molar-refractivity contribution in [1.29, 1.82) is 5.26 Å². The van der Waals surface area contributed by atoms with E-state index >= 15 is 0 Å². The molecule has 1 aliphatic heterocycles. The standard InChI is InChI=1S/C19H18N4O3S/c1-12-8-16(13(2)26-12)19-17-11-23(7-6-18(17)21-22-19)27(24,25)15-5-3-4-14(9-15)10-20/h3-5,8-9H,6-7,11H2,1-2H3,(H,21,22). The number of nitrogens with one attached hydrogen (secondary N) is 1. The molecule has 3 heterocycles. The minimum absolute atomic E-state index is 0.130. The summed E-state index contributed by atoms with van der Waals surface area (Å²) in [6.45, 7) is 4.32. The molecular weight excluding hydrogens is 364 g/mol. The lowest BCUT2D eigenvalue weighted by molar-refractivity contribution is 0.390. The van der Waals surface area contributed by atoms with Crippen LogP contribution < -0.4 is 0 Å².